The van der Waals surface area contributed by atoms with Gasteiger partial charge in [0.15, 0.2) is 0 Å². The molecule has 2 aliphatic rings. The molecule has 0 aromatic heterocycles. The van der Waals surface area contributed by atoms with Crippen molar-refractivity contribution in [3.8, 4) is 0 Å². The quantitative estimate of drug-likeness (QED) is 0.785. The van der Waals surface area contributed by atoms with Crippen LogP contribution in [0.3, 0.4) is 0 Å². The van der Waals surface area contributed by atoms with Crippen molar-refractivity contribution in [1.29, 1.82) is 0 Å². The zero-order valence-electron chi connectivity index (χ0n) is 14.8. The van der Waals surface area contributed by atoms with E-state index in [4.69, 9.17) is 0 Å². The summed E-state index contributed by atoms with van der Waals surface area (Å²) >= 11 is 1.41. The second-order valence-electron chi connectivity index (χ2n) is 6.85. The number of thioether (sulfide) groups is 1. The van der Waals surface area contributed by atoms with Crippen molar-refractivity contribution in [1.82, 2.24) is 4.90 Å². The van der Waals surface area contributed by atoms with Crippen molar-refractivity contribution in [3.63, 3.8) is 0 Å². The molecule has 1 saturated heterocycles. The van der Waals surface area contributed by atoms with E-state index in [1.165, 1.54) is 22.7 Å². The summed E-state index contributed by atoms with van der Waals surface area (Å²) < 4.78 is 39.3. The van der Waals surface area contributed by atoms with Gasteiger partial charge in [-0.15, -0.1) is 11.8 Å². The maximum atomic E-state index is 13.1. The van der Waals surface area contributed by atoms with Gasteiger partial charge in [-0.1, -0.05) is 19.3 Å². The van der Waals surface area contributed by atoms with Gasteiger partial charge in [0.25, 0.3) is 0 Å². The summed E-state index contributed by atoms with van der Waals surface area (Å²) in [7, 11) is 0. The predicted octanol–water partition coefficient (Wildman–Crippen LogP) is 3.92. The number of halogens is 3. The van der Waals surface area contributed by atoms with Gasteiger partial charge in [-0.2, -0.15) is 13.2 Å². The molecule has 2 fully saturated rings. The normalized spacial score (nSPS) is 18.6. The van der Waals surface area contributed by atoms with Gasteiger partial charge in [-0.25, -0.2) is 0 Å². The number of carbonyl (C=O) groups is 2. The Kier molecular flexibility index (Phi) is 6.18. The molecular weight excluding hydrogens is 379 g/mol. The lowest BCUT2D eigenvalue weighted by molar-refractivity contribution is -0.137. The largest absolute Gasteiger partial charge is 0.416 e. The van der Waals surface area contributed by atoms with E-state index in [9.17, 15) is 22.8 Å². The number of amides is 2. The lowest BCUT2D eigenvalue weighted by atomic mass is 9.95. The van der Waals surface area contributed by atoms with E-state index in [0.717, 1.165) is 44.2 Å². The van der Waals surface area contributed by atoms with Crippen LogP contribution in [0.25, 0.3) is 0 Å². The van der Waals surface area contributed by atoms with Crippen molar-refractivity contribution in [3.05, 3.63) is 23.8 Å². The number of hydrogen-bond donors (Lipinski definition) is 2. The molecule has 0 spiro atoms. The fourth-order valence-electron chi connectivity index (χ4n) is 3.32. The molecule has 1 aliphatic heterocycles. The Labute approximate surface area is 160 Å². The third-order valence-corrected chi connectivity index (χ3v) is 5.69. The molecule has 2 N–H and O–H groups in total. The van der Waals surface area contributed by atoms with Gasteiger partial charge in [0, 0.05) is 6.04 Å². The fourth-order valence-corrected chi connectivity index (χ4v) is 4.22. The van der Waals surface area contributed by atoms with Crippen LogP contribution in [0.4, 0.5) is 24.5 Å². The molecule has 5 nitrogen and oxygen atoms in total. The second kappa shape index (κ2) is 8.41. The summed E-state index contributed by atoms with van der Waals surface area (Å²) in [4.78, 5) is 25.3. The van der Waals surface area contributed by atoms with Crippen LogP contribution in [0.1, 0.15) is 37.7 Å². The Bertz CT molecular complexity index is 706. The van der Waals surface area contributed by atoms with Crippen molar-refractivity contribution in [2.45, 2.75) is 44.3 Å². The number of hydrogen-bond acceptors (Lipinski definition) is 4. The maximum Gasteiger partial charge on any atom is 0.416 e. The number of alkyl halides is 3. The first-order chi connectivity index (χ1) is 12.8. The summed E-state index contributed by atoms with van der Waals surface area (Å²) in [5.41, 5.74) is -0.245. The fraction of sp³-hybridized carbons (Fsp3) is 0.556. The molecule has 2 amide bonds. The molecular formula is C18H22F3N3O2S. The highest BCUT2D eigenvalue weighted by Gasteiger charge is 2.32. The smallest absolute Gasteiger partial charge is 0.381 e. The van der Waals surface area contributed by atoms with Crippen LogP contribution in [-0.4, -0.2) is 40.9 Å². The highest BCUT2D eigenvalue weighted by Crippen LogP contribution is 2.35. The molecule has 1 aliphatic carbocycles. The zero-order valence-corrected chi connectivity index (χ0v) is 15.6. The van der Waals surface area contributed by atoms with Gasteiger partial charge in [-0.3, -0.25) is 9.59 Å². The minimum absolute atomic E-state index is 0.0969. The summed E-state index contributed by atoms with van der Waals surface area (Å²) in [6, 6.07) is 3.51. The molecule has 9 heteroatoms. The predicted molar refractivity (Wildman–Crippen MR) is 99.6 cm³/mol. The van der Waals surface area contributed by atoms with E-state index >= 15 is 0 Å². The number of benzene rings is 1. The van der Waals surface area contributed by atoms with E-state index in [0.29, 0.717) is 17.3 Å². The molecule has 0 bridgehead atoms. The van der Waals surface area contributed by atoms with Gasteiger partial charge in [0.05, 0.1) is 28.6 Å². The van der Waals surface area contributed by atoms with Gasteiger partial charge in [-0.05, 0) is 31.0 Å². The van der Waals surface area contributed by atoms with E-state index in [-0.39, 0.29) is 24.2 Å². The van der Waals surface area contributed by atoms with Crippen LogP contribution < -0.4 is 10.6 Å². The van der Waals surface area contributed by atoms with Gasteiger partial charge in [0.1, 0.15) is 6.54 Å². The highest BCUT2D eigenvalue weighted by molar-refractivity contribution is 8.00. The molecule has 1 aromatic rings. The Morgan fingerprint density at radius 1 is 1.19 bits per heavy atom. The average Bonchev–Trinajstić information content (AvgIpc) is 3.01. The van der Waals surface area contributed by atoms with Gasteiger partial charge >= 0.3 is 6.18 Å². The number of nitrogens with zero attached hydrogens (tertiary/aromatic N) is 1. The first-order valence-electron chi connectivity index (χ1n) is 8.96. The maximum absolute atomic E-state index is 13.1. The van der Waals surface area contributed by atoms with E-state index in [2.05, 4.69) is 10.6 Å². The summed E-state index contributed by atoms with van der Waals surface area (Å²) in [6.45, 7) is -0.162. The topological polar surface area (TPSA) is 61.4 Å². The standard InChI is InChI=1S/C18H22F3N3O2S/c19-18(20,21)12-6-7-14(22-13-4-2-1-3-5-13)15(8-12)23-16(25)9-24-11-27-10-17(24)26/h6-8,13,22H,1-5,9-11H2,(H,23,25). The Morgan fingerprint density at radius 3 is 2.56 bits per heavy atom. The van der Waals surface area contributed by atoms with E-state index in [1.54, 1.807) is 0 Å². The molecule has 27 heavy (non-hydrogen) atoms. The van der Waals surface area contributed by atoms with Crippen LogP contribution in [0.2, 0.25) is 0 Å². The lowest BCUT2D eigenvalue weighted by Crippen LogP contribution is -2.34. The third-order valence-electron chi connectivity index (χ3n) is 4.75. The van der Waals surface area contributed by atoms with Crippen molar-refractivity contribution in [2.24, 2.45) is 0 Å². The van der Waals surface area contributed by atoms with Gasteiger partial charge < -0.3 is 15.5 Å². The number of carbonyl (C=O) groups excluding carboxylic acids is 2. The molecule has 1 heterocycles. The molecule has 0 atom stereocenters. The minimum atomic E-state index is -4.50. The monoisotopic (exact) mass is 401 g/mol. The summed E-state index contributed by atoms with van der Waals surface area (Å²) in [6.07, 6.45) is 0.729. The second-order valence-corrected chi connectivity index (χ2v) is 7.81. The molecule has 1 saturated carbocycles. The van der Waals surface area contributed by atoms with Crippen LogP contribution in [-0.2, 0) is 15.8 Å². The lowest BCUT2D eigenvalue weighted by Gasteiger charge is -2.26. The Balaban J connectivity index is 1.76. The molecule has 148 valence electrons. The molecule has 1 aromatic carbocycles. The van der Waals surface area contributed by atoms with Crippen molar-refractivity contribution >= 4 is 35.0 Å². The molecule has 3 rings (SSSR count). The number of anilines is 2. The van der Waals surface area contributed by atoms with Crippen molar-refractivity contribution in [2.75, 3.05) is 28.8 Å². The third kappa shape index (κ3) is 5.31. The van der Waals surface area contributed by atoms with Crippen molar-refractivity contribution < 1.29 is 22.8 Å². The van der Waals surface area contributed by atoms with E-state index in [1.807, 2.05) is 0 Å². The van der Waals surface area contributed by atoms with Crippen LogP contribution >= 0.6 is 11.8 Å². The average molecular weight is 401 g/mol. The first-order valence-corrected chi connectivity index (χ1v) is 10.1. The summed E-state index contributed by atoms with van der Waals surface area (Å²) in [5.74, 6) is 0.101. The van der Waals surface area contributed by atoms with Crippen LogP contribution in [0.5, 0.6) is 0 Å². The van der Waals surface area contributed by atoms with E-state index < -0.39 is 17.6 Å². The minimum Gasteiger partial charge on any atom is -0.381 e. The Morgan fingerprint density at radius 2 is 1.93 bits per heavy atom. The summed E-state index contributed by atoms with van der Waals surface area (Å²) in [5, 5.41) is 5.82. The van der Waals surface area contributed by atoms with Gasteiger partial charge in [0.2, 0.25) is 11.8 Å². The number of rotatable bonds is 5. The van der Waals surface area contributed by atoms with Crippen LogP contribution in [0.15, 0.2) is 18.2 Å². The number of nitrogens with one attached hydrogen (secondary N) is 2. The molecule has 0 unspecified atom stereocenters. The SMILES string of the molecule is O=C(CN1CSCC1=O)Nc1cc(C(F)(F)F)ccc1NC1CCCCC1. The highest BCUT2D eigenvalue weighted by atomic mass is 32.2. The Hall–Kier alpha value is -1.90. The molecule has 0 radical (unpaired) electrons. The zero-order chi connectivity index (χ0) is 19.4. The van der Waals surface area contributed by atoms with Crippen LogP contribution in [0, 0.1) is 0 Å². The first kappa shape index (κ1) is 19.9.